The molecule has 0 saturated carbocycles. The summed E-state index contributed by atoms with van der Waals surface area (Å²) in [7, 11) is 0. The molecule has 0 aliphatic heterocycles. The predicted octanol–water partition coefficient (Wildman–Crippen LogP) is 4.53. The summed E-state index contributed by atoms with van der Waals surface area (Å²) in [6, 6.07) is 5.92. The normalized spacial score (nSPS) is 11.4. The Morgan fingerprint density at radius 1 is 1.21 bits per heavy atom. The predicted molar refractivity (Wildman–Crippen MR) is 79.7 cm³/mol. The Labute approximate surface area is 120 Å². The van der Waals surface area contributed by atoms with E-state index in [4.69, 9.17) is 11.6 Å². The molecule has 1 aromatic carbocycles. The van der Waals surface area contributed by atoms with Crippen LogP contribution in [0.15, 0.2) is 29.9 Å². The third-order valence-corrected chi connectivity index (χ3v) is 4.14. The second kappa shape index (κ2) is 4.87. The summed E-state index contributed by atoms with van der Waals surface area (Å²) in [5.41, 5.74) is 2.95. The quantitative estimate of drug-likeness (QED) is 0.651. The molecule has 96 valence electrons. The molecule has 0 aliphatic carbocycles. The van der Waals surface area contributed by atoms with E-state index in [-0.39, 0.29) is 0 Å². The average molecular weight is 290 g/mol. The van der Waals surface area contributed by atoms with Crippen molar-refractivity contribution in [2.45, 2.75) is 19.8 Å². The highest BCUT2D eigenvalue weighted by molar-refractivity contribution is 7.13. The van der Waals surface area contributed by atoms with Gasteiger partial charge in [-0.05, 0) is 12.0 Å². The number of benzene rings is 1. The maximum absolute atomic E-state index is 6.21. The molecule has 2 heterocycles. The van der Waals surface area contributed by atoms with E-state index >= 15 is 0 Å². The van der Waals surface area contributed by atoms with Gasteiger partial charge < -0.3 is 0 Å². The minimum Gasteiger partial charge on any atom is -0.241 e. The van der Waals surface area contributed by atoms with Crippen molar-refractivity contribution < 1.29 is 0 Å². The highest BCUT2D eigenvalue weighted by atomic mass is 35.5. The van der Waals surface area contributed by atoms with Gasteiger partial charge in [-0.1, -0.05) is 37.6 Å². The molecule has 0 radical (unpaired) electrons. The number of fused-ring (bicyclic) bond motifs is 1. The van der Waals surface area contributed by atoms with Crippen molar-refractivity contribution >= 4 is 33.8 Å². The number of rotatable bonds is 2. The summed E-state index contributed by atoms with van der Waals surface area (Å²) in [5, 5.41) is 4.40. The van der Waals surface area contributed by atoms with Crippen LogP contribution in [0.25, 0.3) is 21.5 Å². The molecule has 3 rings (SSSR count). The zero-order valence-corrected chi connectivity index (χ0v) is 12.2. The lowest BCUT2D eigenvalue weighted by molar-refractivity contribution is 0.834. The summed E-state index contributed by atoms with van der Waals surface area (Å²) in [6.07, 6.45) is 1.48. The Morgan fingerprint density at radius 3 is 2.79 bits per heavy atom. The molecule has 3 nitrogen and oxygen atoms in total. The third kappa shape index (κ3) is 2.22. The molecule has 0 saturated heterocycles. The number of hydrogen-bond acceptors (Lipinski definition) is 4. The molecular weight excluding hydrogens is 278 g/mol. The third-order valence-electron chi connectivity index (χ3n) is 2.96. The molecule has 19 heavy (non-hydrogen) atoms. The number of thiazole rings is 1. The van der Waals surface area contributed by atoms with Crippen LogP contribution in [0.1, 0.15) is 25.5 Å². The Balaban J connectivity index is 2.24. The van der Waals surface area contributed by atoms with E-state index in [0.717, 1.165) is 27.2 Å². The van der Waals surface area contributed by atoms with Gasteiger partial charge in [0.1, 0.15) is 16.5 Å². The SMILES string of the molecule is CC(C)c1csc(-c2cccc3ncnc(Cl)c23)n1. The molecule has 5 heteroatoms. The van der Waals surface area contributed by atoms with Crippen LogP contribution in [0, 0.1) is 0 Å². The monoisotopic (exact) mass is 289 g/mol. The fourth-order valence-corrected chi connectivity index (χ4v) is 3.18. The largest absolute Gasteiger partial charge is 0.241 e. The molecule has 0 unspecified atom stereocenters. The lowest BCUT2D eigenvalue weighted by Gasteiger charge is -2.04. The van der Waals surface area contributed by atoms with E-state index in [1.54, 1.807) is 11.3 Å². The number of hydrogen-bond donors (Lipinski definition) is 0. The van der Waals surface area contributed by atoms with E-state index in [1.165, 1.54) is 6.33 Å². The Kier molecular flexibility index (Phi) is 3.21. The van der Waals surface area contributed by atoms with E-state index in [2.05, 4.69) is 34.2 Å². The Hall–Kier alpha value is -1.52. The van der Waals surface area contributed by atoms with Crippen LogP contribution >= 0.6 is 22.9 Å². The van der Waals surface area contributed by atoms with Crippen LogP contribution in [0.3, 0.4) is 0 Å². The summed E-state index contributed by atoms with van der Waals surface area (Å²) < 4.78 is 0. The topological polar surface area (TPSA) is 38.7 Å². The van der Waals surface area contributed by atoms with E-state index in [1.807, 2.05) is 18.2 Å². The molecule has 3 aromatic rings. The molecule has 0 spiro atoms. The summed E-state index contributed by atoms with van der Waals surface area (Å²) in [5.74, 6) is 0.423. The van der Waals surface area contributed by atoms with E-state index in [9.17, 15) is 0 Å². The first-order chi connectivity index (χ1) is 9.16. The number of halogens is 1. The van der Waals surface area contributed by atoms with Crippen LogP contribution in [0.4, 0.5) is 0 Å². The van der Waals surface area contributed by atoms with Gasteiger partial charge in [-0.2, -0.15) is 0 Å². The molecular formula is C14H12ClN3S. The lowest BCUT2D eigenvalue weighted by Crippen LogP contribution is -1.89. The van der Waals surface area contributed by atoms with Crippen molar-refractivity contribution in [1.82, 2.24) is 15.0 Å². The van der Waals surface area contributed by atoms with Crippen LogP contribution < -0.4 is 0 Å². The van der Waals surface area contributed by atoms with E-state index in [0.29, 0.717) is 11.1 Å². The van der Waals surface area contributed by atoms with Crippen LogP contribution in [0.5, 0.6) is 0 Å². The summed E-state index contributed by atoms with van der Waals surface area (Å²) >= 11 is 7.84. The molecule has 0 N–H and O–H groups in total. The Bertz CT molecular complexity index is 731. The fourth-order valence-electron chi connectivity index (χ4n) is 1.92. The van der Waals surface area contributed by atoms with Gasteiger partial charge in [0.25, 0.3) is 0 Å². The number of nitrogens with zero attached hydrogens (tertiary/aromatic N) is 3. The standard InChI is InChI=1S/C14H12ClN3S/c1-8(2)11-6-19-14(18-11)9-4-3-5-10-12(9)13(15)17-7-16-10/h3-8H,1-2H3. The van der Waals surface area contributed by atoms with Gasteiger partial charge >= 0.3 is 0 Å². The summed E-state index contributed by atoms with van der Waals surface area (Å²) in [6.45, 7) is 4.27. The fraction of sp³-hybridized carbons (Fsp3) is 0.214. The van der Waals surface area contributed by atoms with Crippen molar-refractivity contribution in [2.75, 3.05) is 0 Å². The highest BCUT2D eigenvalue weighted by Crippen LogP contribution is 2.34. The minimum absolute atomic E-state index is 0.423. The van der Waals surface area contributed by atoms with Crippen molar-refractivity contribution in [2.24, 2.45) is 0 Å². The molecule has 2 aromatic heterocycles. The molecule has 0 bridgehead atoms. The maximum Gasteiger partial charge on any atom is 0.140 e. The Morgan fingerprint density at radius 2 is 2.05 bits per heavy atom. The van der Waals surface area contributed by atoms with Crippen LogP contribution in [0.2, 0.25) is 5.15 Å². The molecule has 0 amide bonds. The van der Waals surface area contributed by atoms with Gasteiger partial charge in [-0.25, -0.2) is 15.0 Å². The van der Waals surface area contributed by atoms with Gasteiger partial charge in [0.05, 0.1) is 11.2 Å². The van der Waals surface area contributed by atoms with Crippen LogP contribution in [-0.4, -0.2) is 15.0 Å². The zero-order valence-electron chi connectivity index (χ0n) is 10.6. The van der Waals surface area contributed by atoms with Crippen molar-refractivity contribution in [1.29, 1.82) is 0 Å². The van der Waals surface area contributed by atoms with E-state index < -0.39 is 0 Å². The molecule has 0 atom stereocenters. The van der Waals surface area contributed by atoms with Crippen LogP contribution in [-0.2, 0) is 0 Å². The van der Waals surface area contributed by atoms with Crippen molar-refractivity contribution in [3.63, 3.8) is 0 Å². The number of aromatic nitrogens is 3. The van der Waals surface area contributed by atoms with Gasteiger partial charge in [0.15, 0.2) is 0 Å². The first-order valence-corrected chi connectivity index (χ1v) is 7.27. The van der Waals surface area contributed by atoms with Gasteiger partial charge in [-0.15, -0.1) is 11.3 Å². The molecule has 0 aliphatic rings. The van der Waals surface area contributed by atoms with Gasteiger partial charge in [0, 0.05) is 16.3 Å². The lowest BCUT2D eigenvalue weighted by atomic mass is 10.1. The average Bonchev–Trinajstić information content (AvgIpc) is 2.88. The van der Waals surface area contributed by atoms with Crippen molar-refractivity contribution in [3.05, 3.63) is 40.8 Å². The van der Waals surface area contributed by atoms with Gasteiger partial charge in [0.2, 0.25) is 0 Å². The maximum atomic E-state index is 6.21. The second-order valence-electron chi connectivity index (χ2n) is 4.60. The zero-order chi connectivity index (χ0) is 13.4. The van der Waals surface area contributed by atoms with Gasteiger partial charge in [-0.3, -0.25) is 0 Å². The smallest absolute Gasteiger partial charge is 0.140 e. The molecule has 0 fully saturated rings. The first kappa shape index (κ1) is 12.5. The highest BCUT2D eigenvalue weighted by Gasteiger charge is 2.13. The first-order valence-electron chi connectivity index (χ1n) is 6.02. The second-order valence-corrected chi connectivity index (χ2v) is 5.81. The van der Waals surface area contributed by atoms with Crippen molar-refractivity contribution in [3.8, 4) is 10.6 Å². The minimum atomic E-state index is 0.423. The summed E-state index contributed by atoms with van der Waals surface area (Å²) in [4.78, 5) is 13.0.